The van der Waals surface area contributed by atoms with Crippen LogP contribution in [0.15, 0.2) is 30.5 Å². The third-order valence-corrected chi connectivity index (χ3v) is 3.29. The minimum Gasteiger partial charge on any atom is -0.370 e. The highest BCUT2D eigenvalue weighted by atomic mass is 16.1. The second kappa shape index (κ2) is 6.27. The molecule has 1 amide bonds. The maximum absolute atomic E-state index is 10.6. The molecule has 1 aromatic heterocycles. The zero-order chi connectivity index (χ0) is 13.7. The summed E-state index contributed by atoms with van der Waals surface area (Å²) in [6, 6.07) is 8.36. The van der Waals surface area contributed by atoms with E-state index in [0.717, 1.165) is 25.8 Å². The number of aromatic nitrogens is 1. The number of hydrogen-bond acceptors (Lipinski definition) is 2. The Balaban J connectivity index is 1.83. The molecule has 0 aliphatic rings. The van der Waals surface area contributed by atoms with E-state index >= 15 is 0 Å². The molecule has 0 aliphatic carbocycles. The molecule has 3 N–H and O–H groups in total. The fourth-order valence-corrected chi connectivity index (χ4v) is 2.28. The van der Waals surface area contributed by atoms with E-state index in [2.05, 4.69) is 41.4 Å². The van der Waals surface area contributed by atoms with Gasteiger partial charge in [0.25, 0.3) is 0 Å². The molecule has 0 atom stereocenters. The Morgan fingerprint density at radius 2 is 2.05 bits per heavy atom. The fourth-order valence-electron chi connectivity index (χ4n) is 2.28. The first-order chi connectivity index (χ1) is 9.18. The first-order valence-corrected chi connectivity index (χ1v) is 6.77. The van der Waals surface area contributed by atoms with Crippen LogP contribution in [0.25, 0.3) is 10.9 Å². The molecule has 0 bridgehead atoms. The lowest BCUT2D eigenvalue weighted by Gasteiger charge is -2.08. The molecule has 0 spiro atoms. The van der Waals surface area contributed by atoms with E-state index in [0.29, 0.717) is 6.42 Å². The van der Waals surface area contributed by atoms with Gasteiger partial charge >= 0.3 is 0 Å². The predicted octanol–water partition coefficient (Wildman–Crippen LogP) is 2.54. The van der Waals surface area contributed by atoms with Gasteiger partial charge < -0.3 is 11.2 Å². The topological polar surface area (TPSA) is 60.1 Å². The number of hydrogen-bond donors (Lipinski definition) is 2. The molecule has 0 unspecified atom stereocenters. The number of amides is 1. The first kappa shape index (κ1) is 13.5. The molecule has 0 saturated heterocycles. The highest BCUT2D eigenvalue weighted by Crippen LogP contribution is 2.18. The van der Waals surface area contributed by atoms with Gasteiger partial charge in [0.05, 0.1) is 5.52 Å². The van der Waals surface area contributed by atoms with Gasteiger partial charge in [-0.1, -0.05) is 24.6 Å². The lowest BCUT2D eigenvalue weighted by atomic mass is 10.2. The summed E-state index contributed by atoms with van der Waals surface area (Å²) in [6.07, 6.45) is 5.55. The van der Waals surface area contributed by atoms with Crippen LogP contribution in [0, 0.1) is 6.92 Å². The molecule has 0 radical (unpaired) electrons. The minimum atomic E-state index is -0.208. The zero-order valence-electron chi connectivity index (χ0n) is 11.4. The van der Waals surface area contributed by atoms with Gasteiger partial charge in [0, 0.05) is 24.5 Å². The largest absolute Gasteiger partial charge is 0.370 e. The maximum Gasteiger partial charge on any atom is 0.217 e. The van der Waals surface area contributed by atoms with Crippen molar-refractivity contribution in [2.75, 3.05) is 12.0 Å². The number of nitrogens with one attached hydrogen (secondary N) is 1. The van der Waals surface area contributed by atoms with Gasteiger partial charge in [0.2, 0.25) is 5.91 Å². The average molecular weight is 259 g/mol. The van der Waals surface area contributed by atoms with Crippen LogP contribution >= 0.6 is 0 Å². The molecule has 1 heterocycles. The SMILES string of the molecule is Cc1cn(NCCCCCC(N)=O)c2ccccc12. The van der Waals surface area contributed by atoms with Crippen LogP contribution in [0.2, 0.25) is 0 Å². The molecule has 2 rings (SSSR count). The van der Waals surface area contributed by atoms with Crippen molar-refractivity contribution >= 4 is 16.8 Å². The molecule has 2 aromatic rings. The van der Waals surface area contributed by atoms with Crippen molar-refractivity contribution in [3.8, 4) is 0 Å². The molecule has 1 aromatic carbocycles. The second-order valence-electron chi connectivity index (χ2n) is 4.88. The Bertz CT molecular complexity index is 560. The van der Waals surface area contributed by atoms with Crippen LogP contribution in [0.1, 0.15) is 31.2 Å². The van der Waals surface area contributed by atoms with Gasteiger partial charge in [-0.05, 0) is 31.4 Å². The molecule has 4 nitrogen and oxygen atoms in total. The number of primary amides is 1. The third kappa shape index (κ3) is 3.50. The summed E-state index contributed by atoms with van der Waals surface area (Å²) in [5.41, 5.74) is 11.0. The number of carbonyl (C=O) groups excluding carboxylic acids is 1. The van der Waals surface area contributed by atoms with Crippen molar-refractivity contribution in [3.05, 3.63) is 36.0 Å². The number of benzene rings is 1. The van der Waals surface area contributed by atoms with Crippen molar-refractivity contribution in [2.45, 2.75) is 32.6 Å². The van der Waals surface area contributed by atoms with Crippen LogP contribution in [0.4, 0.5) is 0 Å². The highest BCUT2D eigenvalue weighted by Gasteiger charge is 2.03. The molecular weight excluding hydrogens is 238 g/mol. The van der Waals surface area contributed by atoms with Crippen LogP contribution < -0.4 is 11.2 Å². The standard InChI is InChI=1S/C15H21N3O/c1-12-11-18(14-8-5-4-7-13(12)14)17-10-6-2-3-9-15(16)19/h4-5,7-8,11,17H,2-3,6,9-10H2,1H3,(H2,16,19). The summed E-state index contributed by atoms with van der Waals surface area (Å²) < 4.78 is 2.08. The van der Waals surface area contributed by atoms with E-state index in [4.69, 9.17) is 5.73 Å². The Morgan fingerprint density at radius 1 is 1.26 bits per heavy atom. The molecular formula is C15H21N3O. The summed E-state index contributed by atoms with van der Waals surface area (Å²) in [4.78, 5) is 10.6. The number of nitrogens with zero attached hydrogens (tertiary/aromatic N) is 1. The monoisotopic (exact) mass is 259 g/mol. The molecule has 102 valence electrons. The van der Waals surface area contributed by atoms with Gasteiger partial charge in [-0.2, -0.15) is 0 Å². The van der Waals surface area contributed by atoms with E-state index in [-0.39, 0.29) is 5.91 Å². The average Bonchev–Trinajstić information content (AvgIpc) is 2.71. The smallest absolute Gasteiger partial charge is 0.217 e. The number of aryl methyl sites for hydroxylation is 1. The molecule has 0 aliphatic heterocycles. The summed E-state index contributed by atoms with van der Waals surface area (Å²) in [5.74, 6) is -0.208. The van der Waals surface area contributed by atoms with Crippen molar-refractivity contribution in [1.29, 1.82) is 0 Å². The van der Waals surface area contributed by atoms with Gasteiger partial charge in [-0.25, -0.2) is 0 Å². The van der Waals surface area contributed by atoms with Crippen molar-refractivity contribution in [1.82, 2.24) is 4.68 Å². The van der Waals surface area contributed by atoms with Crippen LogP contribution in [0.3, 0.4) is 0 Å². The van der Waals surface area contributed by atoms with E-state index < -0.39 is 0 Å². The lowest BCUT2D eigenvalue weighted by molar-refractivity contribution is -0.118. The van der Waals surface area contributed by atoms with Gasteiger partial charge in [0.15, 0.2) is 0 Å². The quantitative estimate of drug-likeness (QED) is 0.751. The molecule has 4 heteroatoms. The van der Waals surface area contributed by atoms with E-state index in [9.17, 15) is 4.79 Å². The van der Waals surface area contributed by atoms with Crippen LogP contribution in [0.5, 0.6) is 0 Å². The molecule has 0 saturated carbocycles. The predicted molar refractivity (Wildman–Crippen MR) is 78.6 cm³/mol. The zero-order valence-corrected chi connectivity index (χ0v) is 11.4. The summed E-state index contributed by atoms with van der Waals surface area (Å²) in [6.45, 7) is 3.02. The second-order valence-corrected chi connectivity index (χ2v) is 4.88. The fraction of sp³-hybridized carbons (Fsp3) is 0.400. The van der Waals surface area contributed by atoms with E-state index in [1.165, 1.54) is 16.5 Å². The Hall–Kier alpha value is -1.97. The number of fused-ring (bicyclic) bond motifs is 1. The summed E-state index contributed by atoms with van der Waals surface area (Å²) in [5, 5.41) is 1.28. The first-order valence-electron chi connectivity index (χ1n) is 6.77. The number of para-hydroxylation sites is 1. The highest BCUT2D eigenvalue weighted by molar-refractivity contribution is 5.83. The summed E-state index contributed by atoms with van der Waals surface area (Å²) in [7, 11) is 0. The number of unbranched alkanes of at least 4 members (excludes halogenated alkanes) is 2. The van der Waals surface area contributed by atoms with Crippen LogP contribution in [-0.2, 0) is 4.79 Å². The Kier molecular flexibility index (Phi) is 4.44. The van der Waals surface area contributed by atoms with E-state index in [1.807, 2.05) is 6.07 Å². The number of nitrogens with two attached hydrogens (primary N) is 1. The maximum atomic E-state index is 10.6. The van der Waals surface area contributed by atoms with E-state index in [1.54, 1.807) is 0 Å². The summed E-state index contributed by atoms with van der Waals surface area (Å²) >= 11 is 0. The van der Waals surface area contributed by atoms with Crippen LogP contribution in [-0.4, -0.2) is 17.1 Å². The minimum absolute atomic E-state index is 0.208. The van der Waals surface area contributed by atoms with Crippen molar-refractivity contribution < 1.29 is 4.79 Å². The van der Waals surface area contributed by atoms with Crippen molar-refractivity contribution in [3.63, 3.8) is 0 Å². The lowest BCUT2D eigenvalue weighted by Crippen LogP contribution is -2.15. The third-order valence-electron chi connectivity index (χ3n) is 3.29. The normalized spacial score (nSPS) is 10.8. The Labute approximate surface area is 113 Å². The number of rotatable bonds is 7. The van der Waals surface area contributed by atoms with Crippen molar-refractivity contribution in [2.24, 2.45) is 5.73 Å². The Morgan fingerprint density at radius 3 is 2.84 bits per heavy atom. The molecule has 0 fully saturated rings. The van der Waals surface area contributed by atoms with Gasteiger partial charge in [0.1, 0.15) is 0 Å². The molecule has 19 heavy (non-hydrogen) atoms. The van der Waals surface area contributed by atoms with Gasteiger partial charge in [-0.15, -0.1) is 0 Å². The van der Waals surface area contributed by atoms with Gasteiger partial charge in [-0.3, -0.25) is 9.47 Å². The number of carbonyl (C=O) groups is 1.